The van der Waals surface area contributed by atoms with E-state index in [0.29, 0.717) is 36.5 Å². The van der Waals surface area contributed by atoms with Crippen LogP contribution in [0.5, 0.6) is 5.75 Å². The number of amides is 1. The van der Waals surface area contributed by atoms with Gasteiger partial charge in [0.1, 0.15) is 18.2 Å². The number of aromatic amines is 1. The fraction of sp³-hybridized carbons (Fsp3) is 0.269. The number of H-pyrrole nitrogens is 1. The van der Waals surface area contributed by atoms with Gasteiger partial charge in [-0.05, 0) is 48.7 Å². The molecule has 7 heteroatoms. The highest BCUT2D eigenvalue weighted by Crippen LogP contribution is 2.17. The molecule has 1 saturated heterocycles. The van der Waals surface area contributed by atoms with Crippen LogP contribution in [0.4, 0.5) is 0 Å². The molecule has 0 saturated carbocycles. The first-order chi connectivity index (χ1) is 16.1. The van der Waals surface area contributed by atoms with Crippen LogP contribution in [-0.2, 0) is 16.1 Å². The van der Waals surface area contributed by atoms with E-state index in [0.717, 1.165) is 24.2 Å². The Morgan fingerprint density at radius 3 is 2.82 bits per heavy atom. The van der Waals surface area contributed by atoms with Crippen molar-refractivity contribution in [3.63, 3.8) is 0 Å². The van der Waals surface area contributed by atoms with Crippen LogP contribution in [0.3, 0.4) is 0 Å². The summed E-state index contributed by atoms with van der Waals surface area (Å²) in [5.74, 6) is 1.01. The van der Waals surface area contributed by atoms with Crippen molar-refractivity contribution in [2.24, 2.45) is 0 Å². The van der Waals surface area contributed by atoms with Gasteiger partial charge in [0.2, 0.25) is 5.91 Å². The van der Waals surface area contributed by atoms with Gasteiger partial charge in [0, 0.05) is 19.2 Å². The quantitative estimate of drug-likeness (QED) is 0.401. The maximum Gasteiger partial charge on any atom is 0.258 e. The van der Waals surface area contributed by atoms with Crippen molar-refractivity contribution in [1.82, 2.24) is 14.9 Å². The molecule has 7 nitrogen and oxygen atoms in total. The number of carbonyl (C=O) groups excluding carboxylic acids is 1. The maximum atomic E-state index is 13.1. The van der Waals surface area contributed by atoms with E-state index in [4.69, 9.17) is 9.47 Å². The molecule has 33 heavy (non-hydrogen) atoms. The van der Waals surface area contributed by atoms with Crippen LogP contribution in [0.15, 0.2) is 72.1 Å². The molecule has 1 aromatic heterocycles. The predicted octanol–water partition coefficient (Wildman–Crippen LogP) is 3.71. The minimum atomic E-state index is -0.213. The normalized spacial score (nSPS) is 15.7. The number of hydrogen-bond donors (Lipinski definition) is 1. The Morgan fingerprint density at radius 2 is 2.06 bits per heavy atom. The summed E-state index contributed by atoms with van der Waals surface area (Å²) >= 11 is 0. The Morgan fingerprint density at radius 1 is 1.24 bits per heavy atom. The van der Waals surface area contributed by atoms with Gasteiger partial charge in [-0.15, -0.1) is 0 Å². The van der Waals surface area contributed by atoms with Crippen LogP contribution in [-0.4, -0.2) is 46.6 Å². The van der Waals surface area contributed by atoms with Gasteiger partial charge in [0.05, 0.1) is 23.6 Å². The van der Waals surface area contributed by atoms with Gasteiger partial charge in [-0.3, -0.25) is 9.59 Å². The minimum absolute atomic E-state index is 0.0178. The summed E-state index contributed by atoms with van der Waals surface area (Å²) in [5, 5.41) is 0.527. The summed E-state index contributed by atoms with van der Waals surface area (Å²) < 4.78 is 11.2. The van der Waals surface area contributed by atoms with Crippen molar-refractivity contribution in [1.29, 1.82) is 0 Å². The minimum Gasteiger partial charge on any atom is -0.490 e. The van der Waals surface area contributed by atoms with Crippen molar-refractivity contribution in [2.45, 2.75) is 25.5 Å². The number of para-hydroxylation sites is 1. The van der Waals surface area contributed by atoms with E-state index in [1.54, 1.807) is 35.3 Å². The Kier molecular flexibility index (Phi) is 7.32. The zero-order valence-electron chi connectivity index (χ0n) is 18.4. The highest BCUT2D eigenvalue weighted by atomic mass is 16.5. The third-order valence-electron chi connectivity index (χ3n) is 5.43. The average Bonchev–Trinajstić information content (AvgIpc) is 3.35. The monoisotopic (exact) mass is 445 g/mol. The second kappa shape index (κ2) is 10.7. The van der Waals surface area contributed by atoms with Crippen molar-refractivity contribution < 1.29 is 14.3 Å². The highest BCUT2D eigenvalue weighted by molar-refractivity contribution is 5.91. The van der Waals surface area contributed by atoms with Gasteiger partial charge < -0.3 is 19.4 Å². The van der Waals surface area contributed by atoms with E-state index in [9.17, 15) is 9.59 Å². The van der Waals surface area contributed by atoms with Gasteiger partial charge >= 0.3 is 0 Å². The lowest BCUT2D eigenvalue weighted by Crippen LogP contribution is -2.36. The molecule has 0 aliphatic carbocycles. The van der Waals surface area contributed by atoms with E-state index in [2.05, 4.69) is 16.5 Å². The van der Waals surface area contributed by atoms with Crippen LogP contribution >= 0.6 is 0 Å². The fourth-order valence-electron chi connectivity index (χ4n) is 3.76. The van der Waals surface area contributed by atoms with Crippen LogP contribution in [0.2, 0.25) is 0 Å². The molecule has 170 valence electrons. The largest absolute Gasteiger partial charge is 0.490 e. The molecule has 1 atom stereocenters. The highest BCUT2D eigenvalue weighted by Gasteiger charge is 2.22. The number of nitrogens with one attached hydrogen (secondary N) is 1. The molecular weight excluding hydrogens is 418 g/mol. The average molecular weight is 446 g/mol. The molecular formula is C26H27N3O4. The van der Waals surface area contributed by atoms with E-state index in [1.165, 1.54) is 6.08 Å². The summed E-state index contributed by atoms with van der Waals surface area (Å²) in [5.41, 5.74) is 1.27. The molecule has 1 aliphatic rings. The van der Waals surface area contributed by atoms with Crippen LogP contribution in [0.25, 0.3) is 17.0 Å². The van der Waals surface area contributed by atoms with Gasteiger partial charge in [-0.1, -0.05) is 36.9 Å². The standard InChI is InChI=1S/C26H27N3O4/c1-2-15-32-20-12-9-19(10-13-20)11-14-25(30)29(17-21-6-5-16-33-21)18-24-27-23-8-4-3-7-22(23)26(31)28-24/h2-4,7-14,21H,1,5-6,15-18H2,(H,27,28,31)/b14-11+. The van der Waals surface area contributed by atoms with Gasteiger partial charge in [0.15, 0.2) is 0 Å². The van der Waals surface area contributed by atoms with E-state index >= 15 is 0 Å². The number of nitrogens with zero attached hydrogens (tertiary/aromatic N) is 2. The third kappa shape index (κ3) is 5.96. The second-order valence-electron chi connectivity index (χ2n) is 7.89. The lowest BCUT2D eigenvalue weighted by Gasteiger charge is -2.24. The Labute approximate surface area is 192 Å². The van der Waals surface area contributed by atoms with Crippen LogP contribution < -0.4 is 10.3 Å². The Bertz CT molecular complexity index is 1190. The van der Waals surface area contributed by atoms with E-state index in [1.807, 2.05) is 30.3 Å². The Balaban J connectivity index is 1.51. The molecule has 1 fully saturated rings. The van der Waals surface area contributed by atoms with Crippen molar-refractivity contribution in [3.8, 4) is 5.75 Å². The molecule has 4 rings (SSSR count). The zero-order valence-corrected chi connectivity index (χ0v) is 18.4. The van der Waals surface area contributed by atoms with Gasteiger partial charge in [-0.25, -0.2) is 4.98 Å². The van der Waals surface area contributed by atoms with Crippen molar-refractivity contribution in [3.05, 3.63) is 89.0 Å². The van der Waals surface area contributed by atoms with E-state index < -0.39 is 0 Å². The van der Waals surface area contributed by atoms with Crippen molar-refractivity contribution in [2.75, 3.05) is 19.8 Å². The lowest BCUT2D eigenvalue weighted by molar-refractivity contribution is -0.128. The number of rotatable bonds is 9. The Hall–Kier alpha value is -3.71. The van der Waals surface area contributed by atoms with Gasteiger partial charge in [-0.2, -0.15) is 0 Å². The number of fused-ring (bicyclic) bond motifs is 1. The lowest BCUT2D eigenvalue weighted by atomic mass is 10.2. The molecule has 0 bridgehead atoms. The topological polar surface area (TPSA) is 84.5 Å². The number of carbonyl (C=O) groups is 1. The number of aromatic nitrogens is 2. The number of ether oxygens (including phenoxy) is 2. The SMILES string of the molecule is C=CCOc1ccc(/C=C/C(=O)N(Cc2nc3ccccc3c(=O)[nH]2)CC2CCCO2)cc1. The first kappa shape index (κ1) is 22.5. The molecule has 2 heterocycles. The first-order valence-corrected chi connectivity index (χ1v) is 11.0. The number of hydrogen-bond acceptors (Lipinski definition) is 5. The predicted molar refractivity (Wildman–Crippen MR) is 128 cm³/mol. The summed E-state index contributed by atoms with van der Waals surface area (Å²) in [7, 11) is 0. The fourth-order valence-corrected chi connectivity index (χ4v) is 3.76. The van der Waals surface area contributed by atoms with Crippen LogP contribution in [0.1, 0.15) is 24.2 Å². The molecule has 1 N–H and O–H groups in total. The van der Waals surface area contributed by atoms with Gasteiger partial charge in [0.25, 0.3) is 5.56 Å². The van der Waals surface area contributed by atoms with E-state index in [-0.39, 0.29) is 24.1 Å². The number of benzene rings is 2. The molecule has 2 aromatic carbocycles. The molecule has 1 aliphatic heterocycles. The summed E-state index contributed by atoms with van der Waals surface area (Å²) in [6.45, 7) is 5.41. The molecule has 1 unspecified atom stereocenters. The molecule has 3 aromatic rings. The summed E-state index contributed by atoms with van der Waals surface area (Å²) in [6, 6.07) is 14.6. The van der Waals surface area contributed by atoms with Crippen LogP contribution in [0, 0.1) is 0 Å². The molecule has 0 radical (unpaired) electrons. The third-order valence-corrected chi connectivity index (χ3v) is 5.43. The summed E-state index contributed by atoms with van der Waals surface area (Å²) in [6.07, 6.45) is 6.85. The molecule has 0 spiro atoms. The van der Waals surface area contributed by atoms with Crippen molar-refractivity contribution >= 4 is 22.9 Å². The molecule has 1 amide bonds. The maximum absolute atomic E-state index is 13.1. The first-order valence-electron chi connectivity index (χ1n) is 11.0. The second-order valence-corrected chi connectivity index (χ2v) is 7.89. The summed E-state index contributed by atoms with van der Waals surface area (Å²) in [4.78, 5) is 34.6. The zero-order chi connectivity index (χ0) is 23.0. The smallest absolute Gasteiger partial charge is 0.258 e.